The van der Waals surface area contributed by atoms with Crippen molar-refractivity contribution in [3.8, 4) is 11.5 Å². The standard InChI is InChI=1S/C24H16ClN3O4/c1-13(28-23(30)15-6-2-3-7-16(15)24(28)31)21(29)26-14-10-11-19-20(12-14)32-22(27-19)17-8-4-5-9-18(17)25/h2-13H,1H3,(H,26,29). The zero-order chi connectivity index (χ0) is 22.4. The zero-order valence-electron chi connectivity index (χ0n) is 16.8. The highest BCUT2D eigenvalue weighted by molar-refractivity contribution is 6.33. The summed E-state index contributed by atoms with van der Waals surface area (Å²) >= 11 is 6.22. The fraction of sp³-hybridized carbons (Fsp3) is 0.0833. The number of halogens is 1. The fourth-order valence-corrected chi connectivity index (χ4v) is 3.89. The van der Waals surface area contributed by atoms with Crippen molar-refractivity contribution in [3.05, 3.63) is 82.9 Å². The molecule has 3 amide bonds. The van der Waals surface area contributed by atoms with E-state index in [1.165, 1.54) is 6.92 Å². The molecular formula is C24H16ClN3O4. The molecule has 158 valence electrons. The SMILES string of the molecule is CC(C(=O)Nc1ccc2nc(-c3ccccc3Cl)oc2c1)N1C(=O)c2ccccc2C1=O. The van der Waals surface area contributed by atoms with E-state index in [1.807, 2.05) is 12.1 Å². The maximum absolute atomic E-state index is 12.8. The third-order valence-electron chi connectivity index (χ3n) is 5.35. The van der Waals surface area contributed by atoms with Gasteiger partial charge in [-0.3, -0.25) is 19.3 Å². The van der Waals surface area contributed by atoms with E-state index in [2.05, 4.69) is 10.3 Å². The molecule has 0 saturated carbocycles. The van der Waals surface area contributed by atoms with Crippen molar-refractivity contribution < 1.29 is 18.8 Å². The summed E-state index contributed by atoms with van der Waals surface area (Å²) in [6.45, 7) is 1.51. The van der Waals surface area contributed by atoms with E-state index >= 15 is 0 Å². The smallest absolute Gasteiger partial charge is 0.262 e. The number of fused-ring (bicyclic) bond motifs is 2. The summed E-state index contributed by atoms with van der Waals surface area (Å²) in [5.41, 5.74) is 2.78. The lowest BCUT2D eigenvalue weighted by molar-refractivity contribution is -0.119. The molecule has 7 nitrogen and oxygen atoms in total. The van der Waals surface area contributed by atoms with E-state index in [9.17, 15) is 14.4 Å². The summed E-state index contributed by atoms with van der Waals surface area (Å²) in [6, 6.07) is 17.8. The topological polar surface area (TPSA) is 92.5 Å². The Morgan fingerprint density at radius 3 is 2.25 bits per heavy atom. The predicted octanol–water partition coefficient (Wildman–Crippen LogP) is 4.77. The van der Waals surface area contributed by atoms with Crippen molar-refractivity contribution in [2.45, 2.75) is 13.0 Å². The first-order chi connectivity index (χ1) is 15.4. The molecule has 0 fully saturated rings. The van der Waals surface area contributed by atoms with E-state index in [4.69, 9.17) is 16.0 Å². The first-order valence-corrected chi connectivity index (χ1v) is 10.2. The van der Waals surface area contributed by atoms with Crippen molar-refractivity contribution in [2.24, 2.45) is 0 Å². The van der Waals surface area contributed by atoms with Gasteiger partial charge in [0, 0.05) is 11.8 Å². The molecule has 1 aliphatic rings. The monoisotopic (exact) mass is 445 g/mol. The van der Waals surface area contributed by atoms with Crippen LogP contribution >= 0.6 is 11.6 Å². The van der Waals surface area contributed by atoms with Gasteiger partial charge in [-0.1, -0.05) is 35.9 Å². The number of benzene rings is 3. The average molecular weight is 446 g/mol. The molecule has 1 aliphatic heterocycles. The number of anilines is 1. The van der Waals surface area contributed by atoms with Crippen LogP contribution in [-0.4, -0.2) is 33.6 Å². The molecule has 2 heterocycles. The van der Waals surface area contributed by atoms with Gasteiger partial charge in [0.15, 0.2) is 5.58 Å². The van der Waals surface area contributed by atoms with Gasteiger partial charge in [0.05, 0.1) is 21.7 Å². The van der Waals surface area contributed by atoms with E-state index in [1.54, 1.807) is 54.6 Å². The van der Waals surface area contributed by atoms with E-state index in [0.717, 1.165) is 4.90 Å². The van der Waals surface area contributed by atoms with Crippen molar-refractivity contribution >= 4 is 46.1 Å². The maximum atomic E-state index is 12.8. The first-order valence-electron chi connectivity index (χ1n) is 9.87. The van der Waals surface area contributed by atoms with Crippen molar-refractivity contribution in [1.82, 2.24) is 9.88 Å². The average Bonchev–Trinajstić information content (AvgIpc) is 3.32. The Morgan fingerprint density at radius 1 is 0.969 bits per heavy atom. The molecule has 5 rings (SSSR count). The molecule has 1 aromatic heterocycles. The van der Waals surface area contributed by atoms with Crippen LogP contribution in [-0.2, 0) is 4.79 Å². The lowest BCUT2D eigenvalue weighted by Crippen LogP contribution is -2.45. The Bertz CT molecular complexity index is 1380. The number of nitrogens with zero attached hydrogens (tertiary/aromatic N) is 2. The minimum atomic E-state index is -0.994. The second-order valence-electron chi connectivity index (χ2n) is 7.37. The van der Waals surface area contributed by atoms with Gasteiger partial charge in [-0.25, -0.2) is 4.98 Å². The summed E-state index contributed by atoms with van der Waals surface area (Å²) in [5, 5.41) is 3.26. The van der Waals surface area contributed by atoms with Crippen LogP contribution in [0.3, 0.4) is 0 Å². The van der Waals surface area contributed by atoms with Gasteiger partial charge < -0.3 is 9.73 Å². The Hall–Kier alpha value is -3.97. The Labute approximate surface area is 187 Å². The third-order valence-corrected chi connectivity index (χ3v) is 5.68. The van der Waals surface area contributed by atoms with Gasteiger partial charge in [-0.05, 0) is 43.3 Å². The quantitative estimate of drug-likeness (QED) is 0.457. The molecule has 1 atom stereocenters. The summed E-state index contributed by atoms with van der Waals surface area (Å²) < 4.78 is 5.83. The molecule has 0 radical (unpaired) electrons. The van der Waals surface area contributed by atoms with Gasteiger partial charge in [0.25, 0.3) is 11.8 Å². The van der Waals surface area contributed by atoms with Crippen LogP contribution in [0.1, 0.15) is 27.6 Å². The number of oxazole rings is 1. The summed E-state index contributed by atoms with van der Waals surface area (Å²) in [7, 11) is 0. The molecule has 3 aromatic carbocycles. The minimum Gasteiger partial charge on any atom is -0.436 e. The van der Waals surface area contributed by atoms with Crippen molar-refractivity contribution in [3.63, 3.8) is 0 Å². The second kappa shape index (κ2) is 7.62. The Balaban J connectivity index is 1.37. The highest BCUT2D eigenvalue weighted by atomic mass is 35.5. The van der Waals surface area contributed by atoms with Gasteiger partial charge >= 0.3 is 0 Å². The number of hydrogen-bond donors (Lipinski definition) is 1. The molecule has 1 N–H and O–H groups in total. The molecule has 0 aliphatic carbocycles. The van der Waals surface area contributed by atoms with Crippen LogP contribution in [0.2, 0.25) is 5.02 Å². The maximum Gasteiger partial charge on any atom is 0.262 e. The Kier molecular flexibility index (Phi) is 4.75. The zero-order valence-corrected chi connectivity index (χ0v) is 17.6. The van der Waals surface area contributed by atoms with Crippen LogP contribution in [0, 0.1) is 0 Å². The number of hydrogen-bond acceptors (Lipinski definition) is 5. The lowest BCUT2D eigenvalue weighted by atomic mass is 10.1. The minimum absolute atomic E-state index is 0.298. The molecule has 32 heavy (non-hydrogen) atoms. The molecule has 0 spiro atoms. The van der Waals surface area contributed by atoms with Crippen LogP contribution in [0.5, 0.6) is 0 Å². The third kappa shape index (κ3) is 3.23. The fourth-order valence-electron chi connectivity index (χ4n) is 3.68. The highest BCUT2D eigenvalue weighted by Gasteiger charge is 2.40. The highest BCUT2D eigenvalue weighted by Crippen LogP contribution is 2.31. The first kappa shape index (κ1) is 20.0. The number of imide groups is 1. The van der Waals surface area contributed by atoms with E-state index in [-0.39, 0.29) is 0 Å². The van der Waals surface area contributed by atoms with Gasteiger partial charge in [0.2, 0.25) is 11.8 Å². The second-order valence-corrected chi connectivity index (χ2v) is 7.78. The van der Waals surface area contributed by atoms with Gasteiger partial charge in [-0.15, -0.1) is 0 Å². The molecule has 8 heteroatoms. The molecule has 1 unspecified atom stereocenters. The number of amides is 3. The molecular weight excluding hydrogens is 430 g/mol. The number of nitrogens with one attached hydrogen (secondary N) is 1. The molecule has 0 bridgehead atoms. The number of rotatable bonds is 4. The van der Waals surface area contributed by atoms with E-state index in [0.29, 0.717) is 44.4 Å². The van der Waals surface area contributed by atoms with Crippen LogP contribution in [0.15, 0.2) is 71.1 Å². The Morgan fingerprint density at radius 2 is 1.59 bits per heavy atom. The molecule has 0 saturated heterocycles. The molecule has 4 aromatic rings. The van der Waals surface area contributed by atoms with Crippen molar-refractivity contribution in [1.29, 1.82) is 0 Å². The normalized spacial score (nSPS) is 14.0. The summed E-state index contributed by atoms with van der Waals surface area (Å²) in [5.74, 6) is -1.09. The largest absolute Gasteiger partial charge is 0.436 e. The number of aromatic nitrogens is 1. The predicted molar refractivity (Wildman–Crippen MR) is 119 cm³/mol. The van der Waals surface area contributed by atoms with Gasteiger partial charge in [0.1, 0.15) is 11.6 Å². The number of carbonyl (C=O) groups is 3. The van der Waals surface area contributed by atoms with Crippen molar-refractivity contribution in [2.75, 3.05) is 5.32 Å². The summed E-state index contributed by atoms with van der Waals surface area (Å²) in [4.78, 5) is 43.5. The van der Waals surface area contributed by atoms with E-state index < -0.39 is 23.8 Å². The van der Waals surface area contributed by atoms with Crippen LogP contribution in [0.4, 0.5) is 5.69 Å². The lowest BCUT2D eigenvalue weighted by Gasteiger charge is -2.21. The summed E-state index contributed by atoms with van der Waals surface area (Å²) in [6.07, 6.45) is 0. The number of carbonyl (C=O) groups excluding carboxylic acids is 3. The van der Waals surface area contributed by atoms with Crippen LogP contribution < -0.4 is 5.32 Å². The van der Waals surface area contributed by atoms with Crippen LogP contribution in [0.25, 0.3) is 22.6 Å². The van der Waals surface area contributed by atoms with Gasteiger partial charge in [-0.2, -0.15) is 0 Å².